The second-order valence-corrected chi connectivity index (χ2v) is 9.28. The van der Waals surface area contributed by atoms with E-state index in [-0.39, 0.29) is 18.7 Å². The number of hydrogen-bond acceptors (Lipinski definition) is 7. The lowest BCUT2D eigenvalue weighted by Gasteiger charge is -2.42. The Morgan fingerprint density at radius 1 is 0.939 bits per heavy atom. The number of amides is 4. The average Bonchev–Trinajstić information content (AvgIpc) is 3.09. The Morgan fingerprint density at radius 3 is 2.39 bits per heavy atom. The molecule has 5 rings (SSSR count). The van der Waals surface area contributed by atoms with Crippen LogP contribution in [0, 0.1) is 0 Å². The van der Waals surface area contributed by atoms with E-state index >= 15 is 0 Å². The molecule has 0 aromatic heterocycles. The van der Waals surface area contributed by atoms with E-state index in [4.69, 9.17) is 4.74 Å². The number of hydrogen-bond donors (Lipinski definition) is 2. The molecule has 3 saturated heterocycles. The molecular weight excluding hydrogens is 424 g/mol. The summed E-state index contributed by atoms with van der Waals surface area (Å²) in [6.45, 7) is 4.00. The molecule has 0 saturated carbocycles. The number of fused-ring (bicyclic) bond motifs is 1. The van der Waals surface area contributed by atoms with Crippen LogP contribution in [0.25, 0.3) is 0 Å². The highest BCUT2D eigenvalue weighted by Crippen LogP contribution is 2.32. The van der Waals surface area contributed by atoms with Gasteiger partial charge >= 0.3 is 0 Å². The zero-order valence-electron chi connectivity index (χ0n) is 18.7. The third kappa shape index (κ3) is 4.20. The van der Waals surface area contributed by atoms with Crippen LogP contribution in [0.3, 0.4) is 0 Å². The lowest BCUT2D eigenvalue weighted by Crippen LogP contribution is -2.54. The van der Waals surface area contributed by atoms with E-state index < -0.39 is 23.8 Å². The third-order valence-electron chi connectivity index (χ3n) is 7.34. The SMILES string of the molecule is O=C1CCC(N2C(=O)c3cccc(CN(C4CCNCC4)C4CCOCC4)c3C2=O)C(=O)N1. The molecular formula is C24H30N4O5. The molecule has 0 aliphatic carbocycles. The van der Waals surface area contributed by atoms with Gasteiger partial charge in [-0.1, -0.05) is 12.1 Å². The molecule has 9 nitrogen and oxygen atoms in total. The fourth-order valence-corrected chi connectivity index (χ4v) is 5.62. The summed E-state index contributed by atoms with van der Waals surface area (Å²) in [6.07, 6.45) is 4.27. The summed E-state index contributed by atoms with van der Waals surface area (Å²) < 4.78 is 5.59. The van der Waals surface area contributed by atoms with E-state index in [9.17, 15) is 19.2 Å². The van der Waals surface area contributed by atoms with Crippen LogP contribution in [0.2, 0.25) is 0 Å². The monoisotopic (exact) mass is 454 g/mol. The molecule has 0 spiro atoms. The minimum Gasteiger partial charge on any atom is -0.381 e. The van der Waals surface area contributed by atoms with Crippen LogP contribution in [0.15, 0.2) is 18.2 Å². The van der Waals surface area contributed by atoms with Gasteiger partial charge in [-0.05, 0) is 56.8 Å². The van der Waals surface area contributed by atoms with Crippen molar-refractivity contribution in [1.29, 1.82) is 0 Å². The zero-order valence-corrected chi connectivity index (χ0v) is 18.7. The highest BCUT2D eigenvalue weighted by molar-refractivity contribution is 6.24. The lowest BCUT2D eigenvalue weighted by molar-refractivity contribution is -0.136. The first kappa shape index (κ1) is 22.2. The Balaban J connectivity index is 1.44. The van der Waals surface area contributed by atoms with E-state index in [1.807, 2.05) is 12.1 Å². The molecule has 9 heteroatoms. The van der Waals surface area contributed by atoms with Crippen LogP contribution < -0.4 is 10.6 Å². The summed E-state index contributed by atoms with van der Waals surface area (Å²) in [5, 5.41) is 5.68. The summed E-state index contributed by atoms with van der Waals surface area (Å²) in [5.74, 6) is -1.84. The topological polar surface area (TPSA) is 108 Å². The van der Waals surface area contributed by atoms with Crippen molar-refractivity contribution in [2.45, 2.75) is 63.2 Å². The smallest absolute Gasteiger partial charge is 0.262 e. The molecule has 3 fully saturated rings. The predicted molar refractivity (Wildman–Crippen MR) is 118 cm³/mol. The molecule has 0 bridgehead atoms. The van der Waals surface area contributed by atoms with Crippen molar-refractivity contribution in [2.75, 3.05) is 26.3 Å². The number of imide groups is 2. The number of carbonyl (C=O) groups excluding carboxylic acids is 4. The minimum absolute atomic E-state index is 0.115. The van der Waals surface area contributed by atoms with E-state index in [2.05, 4.69) is 15.5 Å². The van der Waals surface area contributed by atoms with Gasteiger partial charge in [0.2, 0.25) is 11.8 Å². The Morgan fingerprint density at radius 2 is 1.67 bits per heavy atom. The number of benzene rings is 1. The Bertz CT molecular complexity index is 950. The highest BCUT2D eigenvalue weighted by atomic mass is 16.5. The van der Waals surface area contributed by atoms with Crippen LogP contribution >= 0.6 is 0 Å². The molecule has 4 aliphatic rings. The predicted octanol–water partition coefficient (Wildman–Crippen LogP) is 0.821. The van der Waals surface area contributed by atoms with Crippen molar-refractivity contribution in [1.82, 2.24) is 20.4 Å². The van der Waals surface area contributed by atoms with Gasteiger partial charge in [0.15, 0.2) is 0 Å². The zero-order chi connectivity index (χ0) is 22.9. The second-order valence-electron chi connectivity index (χ2n) is 9.28. The van der Waals surface area contributed by atoms with Crippen molar-refractivity contribution in [3.63, 3.8) is 0 Å². The first-order chi connectivity index (χ1) is 16.0. The number of piperidine rings is 2. The molecule has 4 amide bonds. The maximum absolute atomic E-state index is 13.5. The third-order valence-corrected chi connectivity index (χ3v) is 7.34. The Labute approximate surface area is 192 Å². The fraction of sp³-hybridized carbons (Fsp3) is 0.583. The summed E-state index contributed by atoms with van der Waals surface area (Å²) >= 11 is 0. The Kier molecular flexibility index (Phi) is 6.27. The number of nitrogens with zero attached hydrogens (tertiary/aromatic N) is 2. The normalized spacial score (nSPS) is 25.0. The van der Waals surface area contributed by atoms with Gasteiger partial charge in [-0.3, -0.25) is 34.3 Å². The van der Waals surface area contributed by atoms with Crippen LogP contribution in [-0.4, -0.2) is 77.9 Å². The van der Waals surface area contributed by atoms with Crippen LogP contribution in [-0.2, 0) is 20.9 Å². The number of ether oxygens (including phenoxy) is 1. The molecule has 1 atom stereocenters. The van der Waals surface area contributed by atoms with Gasteiger partial charge in [-0.15, -0.1) is 0 Å². The molecule has 2 N–H and O–H groups in total. The van der Waals surface area contributed by atoms with Gasteiger partial charge in [-0.25, -0.2) is 0 Å². The fourth-order valence-electron chi connectivity index (χ4n) is 5.62. The molecule has 1 aromatic carbocycles. The Hall–Kier alpha value is -2.62. The van der Waals surface area contributed by atoms with Gasteiger partial charge in [0.05, 0.1) is 11.1 Å². The van der Waals surface area contributed by atoms with Gasteiger partial charge < -0.3 is 10.1 Å². The molecule has 4 heterocycles. The maximum Gasteiger partial charge on any atom is 0.262 e. The van der Waals surface area contributed by atoms with Gasteiger partial charge in [0, 0.05) is 38.3 Å². The minimum atomic E-state index is -0.945. The summed E-state index contributed by atoms with van der Waals surface area (Å²) in [4.78, 5) is 54.2. The van der Waals surface area contributed by atoms with Gasteiger partial charge in [0.1, 0.15) is 6.04 Å². The van der Waals surface area contributed by atoms with Gasteiger partial charge in [-0.2, -0.15) is 0 Å². The summed E-state index contributed by atoms with van der Waals surface area (Å²) in [5.41, 5.74) is 1.57. The number of rotatable bonds is 5. The standard InChI is InChI=1S/C24H30N4O5/c29-20-5-4-19(22(30)26-20)28-23(31)18-3-1-2-15(21(18)24(28)32)14-27(16-6-10-25-11-7-16)17-8-12-33-13-9-17/h1-3,16-17,19,25H,4-14H2,(H,26,29,30). The van der Waals surface area contributed by atoms with Crippen molar-refractivity contribution in [2.24, 2.45) is 0 Å². The van der Waals surface area contributed by atoms with E-state index in [1.165, 1.54) is 0 Å². The second kappa shape index (κ2) is 9.32. The summed E-state index contributed by atoms with van der Waals surface area (Å²) in [6, 6.07) is 5.23. The quantitative estimate of drug-likeness (QED) is 0.634. The van der Waals surface area contributed by atoms with E-state index in [1.54, 1.807) is 6.07 Å². The van der Waals surface area contributed by atoms with Gasteiger partial charge in [0.25, 0.3) is 11.8 Å². The highest BCUT2D eigenvalue weighted by Gasteiger charge is 2.45. The van der Waals surface area contributed by atoms with Crippen LogP contribution in [0.1, 0.15) is 64.8 Å². The van der Waals surface area contributed by atoms with E-state index in [0.717, 1.165) is 62.4 Å². The molecule has 1 unspecified atom stereocenters. The van der Waals surface area contributed by atoms with Crippen molar-refractivity contribution in [3.05, 3.63) is 34.9 Å². The van der Waals surface area contributed by atoms with Crippen molar-refractivity contribution < 1.29 is 23.9 Å². The van der Waals surface area contributed by atoms with Crippen molar-refractivity contribution in [3.8, 4) is 0 Å². The first-order valence-corrected chi connectivity index (χ1v) is 11.9. The summed E-state index contributed by atoms with van der Waals surface area (Å²) in [7, 11) is 0. The first-order valence-electron chi connectivity index (χ1n) is 11.9. The molecule has 176 valence electrons. The van der Waals surface area contributed by atoms with Crippen LogP contribution in [0.4, 0.5) is 0 Å². The maximum atomic E-state index is 13.5. The molecule has 4 aliphatic heterocycles. The average molecular weight is 455 g/mol. The number of carbonyl (C=O) groups is 4. The van der Waals surface area contributed by atoms with Crippen molar-refractivity contribution >= 4 is 23.6 Å². The largest absolute Gasteiger partial charge is 0.381 e. The molecule has 0 radical (unpaired) electrons. The van der Waals surface area contributed by atoms with Crippen LogP contribution in [0.5, 0.6) is 0 Å². The molecule has 33 heavy (non-hydrogen) atoms. The number of nitrogens with one attached hydrogen (secondary N) is 2. The van der Waals surface area contributed by atoms with E-state index in [0.29, 0.717) is 29.8 Å². The lowest BCUT2D eigenvalue weighted by atomic mass is 9.95. The molecule has 1 aromatic rings.